The second-order valence-corrected chi connectivity index (χ2v) is 5.00. The van der Waals surface area contributed by atoms with Crippen LogP contribution in [0, 0.1) is 11.3 Å². The lowest BCUT2D eigenvalue weighted by Gasteiger charge is -1.94. The lowest BCUT2D eigenvalue weighted by Crippen LogP contribution is -2.12. The second kappa shape index (κ2) is 4.87. The molecule has 0 saturated carbocycles. The number of nitrogens with two attached hydrogens (primary N) is 3. The van der Waals surface area contributed by atoms with E-state index in [-0.39, 0.29) is 21.9 Å². The molecule has 0 aliphatic carbocycles. The van der Waals surface area contributed by atoms with Crippen LogP contribution in [0.3, 0.4) is 0 Å². The van der Waals surface area contributed by atoms with Crippen LogP contribution in [0.5, 0.6) is 0 Å². The SMILES string of the molecule is N#Cc1c(SCC(N)=O)sc(C(N)=O)c1N. The Balaban J connectivity index is 3.10. The summed E-state index contributed by atoms with van der Waals surface area (Å²) in [4.78, 5) is 21.7. The molecule has 0 radical (unpaired) electrons. The van der Waals surface area contributed by atoms with Crippen LogP contribution in [-0.2, 0) is 4.79 Å². The highest BCUT2D eigenvalue weighted by Gasteiger charge is 2.19. The molecule has 0 aliphatic rings. The lowest BCUT2D eigenvalue weighted by molar-refractivity contribution is -0.115. The van der Waals surface area contributed by atoms with Crippen LogP contribution >= 0.6 is 23.1 Å². The van der Waals surface area contributed by atoms with Gasteiger partial charge in [0.25, 0.3) is 5.91 Å². The first-order chi connectivity index (χ1) is 7.47. The molecule has 8 heteroatoms. The number of nitrogens with zero attached hydrogens (tertiary/aromatic N) is 1. The molecule has 0 aliphatic heterocycles. The second-order valence-electron chi connectivity index (χ2n) is 2.74. The number of hydrogen-bond acceptors (Lipinski definition) is 6. The van der Waals surface area contributed by atoms with Crippen molar-refractivity contribution in [1.29, 1.82) is 5.26 Å². The Morgan fingerprint density at radius 2 is 2.06 bits per heavy atom. The van der Waals surface area contributed by atoms with E-state index in [1.807, 2.05) is 6.07 Å². The van der Waals surface area contributed by atoms with Crippen LogP contribution in [0.1, 0.15) is 15.2 Å². The third kappa shape index (κ3) is 2.44. The van der Waals surface area contributed by atoms with Crippen LogP contribution in [0.25, 0.3) is 0 Å². The molecule has 0 atom stereocenters. The summed E-state index contributed by atoms with van der Waals surface area (Å²) in [5, 5.41) is 8.85. The molecule has 1 aromatic rings. The zero-order valence-corrected chi connectivity index (χ0v) is 9.65. The van der Waals surface area contributed by atoms with E-state index < -0.39 is 11.8 Å². The number of amides is 2. The first kappa shape index (κ1) is 12.4. The Kier molecular flexibility index (Phi) is 3.76. The lowest BCUT2D eigenvalue weighted by atomic mass is 10.3. The molecule has 84 valence electrons. The molecule has 0 aromatic carbocycles. The van der Waals surface area contributed by atoms with Crippen molar-refractivity contribution in [2.75, 3.05) is 11.5 Å². The summed E-state index contributed by atoms with van der Waals surface area (Å²) in [6.07, 6.45) is 0. The number of nitriles is 1. The minimum atomic E-state index is -0.690. The van der Waals surface area contributed by atoms with Gasteiger partial charge in [-0.3, -0.25) is 9.59 Å². The molecule has 0 saturated heterocycles. The predicted octanol–water partition coefficient (Wildman–Crippen LogP) is -0.122. The monoisotopic (exact) mass is 256 g/mol. The Labute approximate surface area is 99.4 Å². The van der Waals surface area contributed by atoms with E-state index in [1.165, 1.54) is 0 Å². The number of thioether (sulfide) groups is 1. The van der Waals surface area contributed by atoms with Gasteiger partial charge in [0, 0.05) is 0 Å². The van der Waals surface area contributed by atoms with Gasteiger partial charge in [0.2, 0.25) is 5.91 Å². The highest BCUT2D eigenvalue weighted by molar-refractivity contribution is 8.01. The van der Waals surface area contributed by atoms with Gasteiger partial charge in [-0.2, -0.15) is 5.26 Å². The maximum absolute atomic E-state index is 11.0. The normalized spacial score (nSPS) is 9.69. The van der Waals surface area contributed by atoms with E-state index in [0.717, 1.165) is 23.1 Å². The molecule has 1 heterocycles. The zero-order chi connectivity index (χ0) is 12.3. The number of carbonyl (C=O) groups excluding carboxylic acids is 2. The molecule has 6 nitrogen and oxygen atoms in total. The summed E-state index contributed by atoms with van der Waals surface area (Å²) in [6, 6.07) is 1.87. The van der Waals surface area contributed by atoms with Crippen LogP contribution in [0.2, 0.25) is 0 Å². The molecule has 6 N–H and O–H groups in total. The first-order valence-corrected chi connectivity index (χ1v) is 5.80. The van der Waals surface area contributed by atoms with Crippen LogP contribution in [0.4, 0.5) is 5.69 Å². The van der Waals surface area contributed by atoms with E-state index in [4.69, 9.17) is 22.5 Å². The minimum absolute atomic E-state index is 0.0207. The number of carbonyl (C=O) groups is 2. The zero-order valence-electron chi connectivity index (χ0n) is 8.02. The Bertz CT molecular complexity index is 489. The average Bonchev–Trinajstić information content (AvgIpc) is 2.51. The molecule has 0 bridgehead atoms. The van der Waals surface area contributed by atoms with Gasteiger partial charge in [-0.15, -0.1) is 23.1 Å². The fourth-order valence-corrected chi connectivity index (χ4v) is 2.94. The van der Waals surface area contributed by atoms with Gasteiger partial charge < -0.3 is 17.2 Å². The number of anilines is 1. The Morgan fingerprint density at radius 1 is 1.44 bits per heavy atom. The van der Waals surface area contributed by atoms with Gasteiger partial charge in [0.1, 0.15) is 16.5 Å². The smallest absolute Gasteiger partial charge is 0.260 e. The minimum Gasteiger partial charge on any atom is -0.396 e. The van der Waals surface area contributed by atoms with Crippen LogP contribution in [-0.4, -0.2) is 17.6 Å². The van der Waals surface area contributed by atoms with Gasteiger partial charge in [-0.05, 0) is 0 Å². The van der Waals surface area contributed by atoms with E-state index in [1.54, 1.807) is 0 Å². The summed E-state index contributed by atoms with van der Waals surface area (Å²) < 4.78 is 0.479. The van der Waals surface area contributed by atoms with Crippen molar-refractivity contribution in [3.63, 3.8) is 0 Å². The fourth-order valence-electron chi connectivity index (χ4n) is 0.949. The van der Waals surface area contributed by atoms with Crippen molar-refractivity contribution in [1.82, 2.24) is 0 Å². The molecule has 0 spiro atoms. The number of rotatable bonds is 4. The van der Waals surface area contributed by atoms with Gasteiger partial charge in [-0.1, -0.05) is 0 Å². The number of nitrogen functional groups attached to an aromatic ring is 1. The molecule has 0 fully saturated rings. The summed E-state index contributed by atoms with van der Waals surface area (Å²) in [5.74, 6) is -1.18. The quantitative estimate of drug-likeness (QED) is 0.645. The molecule has 1 aromatic heterocycles. The molecular weight excluding hydrogens is 248 g/mol. The maximum Gasteiger partial charge on any atom is 0.260 e. The average molecular weight is 256 g/mol. The summed E-state index contributed by atoms with van der Waals surface area (Å²) in [5.41, 5.74) is 15.9. The first-order valence-electron chi connectivity index (χ1n) is 4.00. The van der Waals surface area contributed by atoms with E-state index in [9.17, 15) is 9.59 Å². The highest BCUT2D eigenvalue weighted by Crippen LogP contribution is 2.37. The van der Waals surface area contributed by atoms with E-state index in [2.05, 4.69) is 0 Å². The Hall–Kier alpha value is -1.72. The van der Waals surface area contributed by atoms with Crippen molar-refractivity contribution < 1.29 is 9.59 Å². The Morgan fingerprint density at radius 3 is 2.50 bits per heavy atom. The number of hydrogen-bond donors (Lipinski definition) is 3. The molecule has 16 heavy (non-hydrogen) atoms. The molecule has 2 amide bonds. The molecular formula is C8H8N4O2S2. The van der Waals surface area contributed by atoms with Gasteiger partial charge in [-0.25, -0.2) is 0 Å². The summed E-state index contributed by atoms with van der Waals surface area (Å²) in [7, 11) is 0. The molecule has 0 unspecified atom stereocenters. The van der Waals surface area contributed by atoms with Gasteiger partial charge in [0.05, 0.1) is 15.6 Å². The summed E-state index contributed by atoms with van der Waals surface area (Å²) >= 11 is 2.06. The van der Waals surface area contributed by atoms with Crippen molar-refractivity contribution in [3.05, 3.63) is 10.4 Å². The fraction of sp³-hybridized carbons (Fsp3) is 0.125. The largest absolute Gasteiger partial charge is 0.396 e. The third-order valence-corrected chi connectivity index (χ3v) is 4.11. The summed E-state index contributed by atoms with van der Waals surface area (Å²) in [6.45, 7) is 0. The van der Waals surface area contributed by atoms with Crippen molar-refractivity contribution in [3.8, 4) is 6.07 Å². The van der Waals surface area contributed by atoms with Crippen LogP contribution < -0.4 is 17.2 Å². The topological polar surface area (TPSA) is 136 Å². The van der Waals surface area contributed by atoms with Gasteiger partial charge in [0.15, 0.2) is 0 Å². The van der Waals surface area contributed by atoms with Crippen LogP contribution in [0.15, 0.2) is 4.21 Å². The highest BCUT2D eigenvalue weighted by atomic mass is 32.2. The van der Waals surface area contributed by atoms with E-state index >= 15 is 0 Å². The van der Waals surface area contributed by atoms with E-state index in [0.29, 0.717) is 4.21 Å². The number of primary amides is 2. The third-order valence-electron chi connectivity index (χ3n) is 1.59. The number of thiophene rings is 1. The van der Waals surface area contributed by atoms with Crippen molar-refractivity contribution in [2.24, 2.45) is 11.5 Å². The van der Waals surface area contributed by atoms with Crippen molar-refractivity contribution >= 4 is 40.6 Å². The van der Waals surface area contributed by atoms with Gasteiger partial charge >= 0.3 is 0 Å². The predicted molar refractivity (Wildman–Crippen MR) is 61.9 cm³/mol. The maximum atomic E-state index is 11.0. The standard InChI is InChI=1S/C8H8N4O2S2/c9-1-3-5(11)6(7(12)14)16-8(3)15-2-4(10)13/h2,11H2,(H2,10,13)(H2,12,14). The van der Waals surface area contributed by atoms with Crippen molar-refractivity contribution in [2.45, 2.75) is 4.21 Å². The molecule has 1 rings (SSSR count).